The lowest BCUT2D eigenvalue weighted by Gasteiger charge is -2.15. The van der Waals surface area contributed by atoms with Gasteiger partial charge in [0.25, 0.3) is 17.6 Å². The molecule has 0 spiro atoms. The molecule has 2 amide bonds. The molecule has 0 atom stereocenters. The Balaban J connectivity index is 1.80. The van der Waals surface area contributed by atoms with Gasteiger partial charge >= 0.3 is 0 Å². The third-order valence-corrected chi connectivity index (χ3v) is 4.15. The molecule has 9 heteroatoms. The minimum atomic E-state index is -2.48. The maximum absolute atomic E-state index is 12.3. The van der Waals surface area contributed by atoms with E-state index in [9.17, 15) is 18.4 Å². The molecule has 1 fully saturated rings. The Labute approximate surface area is 150 Å². The van der Waals surface area contributed by atoms with Crippen LogP contribution in [-0.4, -0.2) is 22.7 Å². The van der Waals surface area contributed by atoms with Crippen molar-refractivity contribution >= 4 is 47.0 Å². The summed E-state index contributed by atoms with van der Waals surface area (Å²) < 4.78 is 30.2. The number of furan rings is 1. The summed E-state index contributed by atoms with van der Waals surface area (Å²) in [5.41, 5.74) is 0.556. The predicted octanol–water partition coefficient (Wildman–Crippen LogP) is 3.18. The average molecular weight is 380 g/mol. The number of alkyl halides is 2. The van der Waals surface area contributed by atoms with Crippen LogP contribution in [0.5, 0.6) is 0 Å². The van der Waals surface area contributed by atoms with E-state index in [-0.39, 0.29) is 10.7 Å². The van der Waals surface area contributed by atoms with Crippen molar-refractivity contribution in [3.05, 3.63) is 47.7 Å². The van der Waals surface area contributed by atoms with Crippen LogP contribution in [0.3, 0.4) is 0 Å². The molecule has 2 heterocycles. The number of benzene rings is 1. The summed E-state index contributed by atoms with van der Waals surface area (Å²) in [4.78, 5) is 24.0. The van der Waals surface area contributed by atoms with Crippen LogP contribution in [0.4, 0.5) is 8.78 Å². The second kappa shape index (κ2) is 7.16. The van der Waals surface area contributed by atoms with E-state index in [1.165, 1.54) is 6.08 Å². The largest absolute Gasteiger partial charge is 0.457 e. The number of amides is 2. The van der Waals surface area contributed by atoms with Crippen LogP contribution in [0, 0.1) is 0 Å². The molecule has 2 N–H and O–H groups in total. The van der Waals surface area contributed by atoms with Crippen LogP contribution < -0.4 is 10.6 Å². The second-order valence-electron chi connectivity index (χ2n) is 4.90. The Kier molecular flexibility index (Phi) is 4.95. The summed E-state index contributed by atoms with van der Waals surface area (Å²) in [6.45, 7) is 0. The Morgan fingerprint density at radius 2 is 1.68 bits per heavy atom. The van der Waals surface area contributed by atoms with Crippen LogP contribution >= 0.6 is 24.0 Å². The minimum absolute atomic E-state index is 0.0472. The number of hydrogen-bond acceptors (Lipinski definition) is 5. The zero-order chi connectivity index (χ0) is 18.0. The third-order valence-electron chi connectivity index (χ3n) is 3.22. The smallest absolute Gasteiger partial charge is 0.288 e. The molecule has 0 aliphatic carbocycles. The minimum Gasteiger partial charge on any atom is -0.457 e. The van der Waals surface area contributed by atoms with Gasteiger partial charge in [0, 0.05) is 10.5 Å². The first-order chi connectivity index (χ1) is 11.9. The number of thioether (sulfide) groups is 1. The maximum Gasteiger partial charge on any atom is 0.288 e. The van der Waals surface area contributed by atoms with E-state index < -0.39 is 17.6 Å². The first kappa shape index (κ1) is 17.3. The van der Waals surface area contributed by atoms with E-state index >= 15 is 0 Å². The SMILES string of the molecule is O=C1NC(=S)NC(=O)C1=Cc1ccc(-c2ccc(SC(F)F)cc2)o1. The first-order valence-electron chi connectivity index (χ1n) is 6.96. The van der Waals surface area contributed by atoms with Gasteiger partial charge in [-0.05, 0) is 42.6 Å². The zero-order valence-corrected chi connectivity index (χ0v) is 14.0. The molecule has 0 bridgehead atoms. The molecule has 5 nitrogen and oxygen atoms in total. The van der Waals surface area contributed by atoms with Crippen LogP contribution in [-0.2, 0) is 9.59 Å². The molecule has 0 saturated carbocycles. The molecule has 0 radical (unpaired) electrons. The number of carbonyl (C=O) groups is 2. The number of nitrogens with one attached hydrogen (secondary N) is 2. The second-order valence-corrected chi connectivity index (χ2v) is 6.37. The quantitative estimate of drug-likeness (QED) is 0.369. The number of thiocarbonyl (C=S) groups is 1. The van der Waals surface area contributed by atoms with Crippen molar-refractivity contribution in [2.45, 2.75) is 10.7 Å². The Morgan fingerprint density at radius 1 is 1.04 bits per heavy atom. The molecule has 25 heavy (non-hydrogen) atoms. The van der Waals surface area contributed by atoms with E-state index in [1.807, 2.05) is 0 Å². The fourth-order valence-electron chi connectivity index (χ4n) is 2.13. The van der Waals surface area contributed by atoms with Gasteiger partial charge in [0.05, 0.1) is 0 Å². The number of hydrogen-bond donors (Lipinski definition) is 2. The van der Waals surface area contributed by atoms with Crippen molar-refractivity contribution in [2.75, 3.05) is 0 Å². The van der Waals surface area contributed by atoms with E-state index in [2.05, 4.69) is 10.6 Å². The van der Waals surface area contributed by atoms with Gasteiger partial charge in [0.1, 0.15) is 17.1 Å². The van der Waals surface area contributed by atoms with Crippen LogP contribution in [0.1, 0.15) is 5.76 Å². The Morgan fingerprint density at radius 3 is 2.28 bits per heavy atom. The van der Waals surface area contributed by atoms with E-state index in [1.54, 1.807) is 36.4 Å². The summed E-state index contributed by atoms with van der Waals surface area (Å²) >= 11 is 5.18. The summed E-state index contributed by atoms with van der Waals surface area (Å²) in [6.07, 6.45) is 1.30. The lowest BCUT2D eigenvalue weighted by atomic mass is 10.1. The normalized spacial score (nSPS) is 14.5. The molecule has 1 saturated heterocycles. The molecule has 2 aromatic rings. The predicted molar refractivity (Wildman–Crippen MR) is 92.9 cm³/mol. The van der Waals surface area contributed by atoms with E-state index in [0.29, 0.717) is 33.7 Å². The van der Waals surface area contributed by atoms with Crippen molar-refractivity contribution in [3.63, 3.8) is 0 Å². The molecular weight excluding hydrogens is 370 g/mol. The van der Waals surface area contributed by atoms with Crippen molar-refractivity contribution in [1.82, 2.24) is 10.6 Å². The van der Waals surface area contributed by atoms with Crippen molar-refractivity contribution < 1.29 is 22.8 Å². The van der Waals surface area contributed by atoms with E-state index in [0.717, 1.165) is 0 Å². The fourth-order valence-corrected chi connectivity index (χ4v) is 2.82. The van der Waals surface area contributed by atoms with Gasteiger partial charge in [0.15, 0.2) is 5.11 Å². The van der Waals surface area contributed by atoms with Gasteiger partial charge in [-0.2, -0.15) is 8.78 Å². The number of carbonyl (C=O) groups excluding carboxylic acids is 2. The highest BCUT2D eigenvalue weighted by atomic mass is 32.2. The third kappa shape index (κ3) is 4.12. The highest BCUT2D eigenvalue weighted by Crippen LogP contribution is 2.29. The van der Waals surface area contributed by atoms with Gasteiger partial charge in [0.2, 0.25) is 0 Å². The Hall–Kier alpha value is -2.52. The molecule has 1 aromatic heterocycles. The zero-order valence-electron chi connectivity index (χ0n) is 12.4. The molecule has 128 valence electrons. The molecule has 0 unspecified atom stereocenters. The van der Waals surface area contributed by atoms with E-state index in [4.69, 9.17) is 16.6 Å². The summed E-state index contributed by atoms with van der Waals surface area (Å²) in [5, 5.41) is 4.61. The summed E-state index contributed by atoms with van der Waals surface area (Å²) in [6, 6.07) is 9.69. The summed E-state index contributed by atoms with van der Waals surface area (Å²) in [7, 11) is 0. The van der Waals surface area contributed by atoms with Crippen LogP contribution in [0.15, 0.2) is 51.3 Å². The van der Waals surface area contributed by atoms with Crippen molar-refractivity contribution in [2.24, 2.45) is 0 Å². The number of rotatable bonds is 4. The van der Waals surface area contributed by atoms with Crippen molar-refractivity contribution in [1.29, 1.82) is 0 Å². The summed E-state index contributed by atoms with van der Waals surface area (Å²) in [5.74, 6) is -2.92. The molecule has 1 aliphatic rings. The van der Waals surface area contributed by atoms with Crippen LogP contribution in [0.25, 0.3) is 17.4 Å². The van der Waals surface area contributed by atoms with Crippen LogP contribution in [0.2, 0.25) is 0 Å². The highest BCUT2D eigenvalue weighted by molar-refractivity contribution is 7.99. The highest BCUT2D eigenvalue weighted by Gasteiger charge is 2.26. The molecular formula is C16H10F2N2O3S2. The Bertz CT molecular complexity index is 854. The number of halogens is 2. The molecule has 3 rings (SSSR count). The van der Waals surface area contributed by atoms with Gasteiger partial charge in [-0.1, -0.05) is 23.9 Å². The fraction of sp³-hybridized carbons (Fsp3) is 0.0625. The molecule has 1 aromatic carbocycles. The average Bonchev–Trinajstić information content (AvgIpc) is 2.99. The molecule has 1 aliphatic heterocycles. The van der Waals surface area contributed by atoms with Gasteiger partial charge < -0.3 is 4.42 Å². The van der Waals surface area contributed by atoms with Gasteiger partial charge in [-0.15, -0.1) is 0 Å². The van der Waals surface area contributed by atoms with Gasteiger partial charge in [-0.25, -0.2) is 0 Å². The lowest BCUT2D eigenvalue weighted by molar-refractivity contribution is -0.123. The maximum atomic E-state index is 12.3. The first-order valence-corrected chi connectivity index (χ1v) is 8.24. The topological polar surface area (TPSA) is 71.3 Å². The van der Waals surface area contributed by atoms with Gasteiger partial charge in [-0.3, -0.25) is 20.2 Å². The monoisotopic (exact) mass is 380 g/mol. The standard InChI is InChI=1S/C16H10F2N2O3S2/c17-15(18)25-10-4-1-8(2-5-10)12-6-3-9(23-12)7-11-13(21)19-16(24)20-14(11)22/h1-7,15H,(H2,19,20,21,22,24). The lowest BCUT2D eigenvalue weighted by Crippen LogP contribution is -2.51. The van der Waals surface area contributed by atoms with Crippen molar-refractivity contribution in [3.8, 4) is 11.3 Å².